The third-order valence-electron chi connectivity index (χ3n) is 4.73. The highest BCUT2D eigenvalue weighted by atomic mass is 32.2. The second kappa shape index (κ2) is 7.29. The van der Waals surface area contributed by atoms with Crippen molar-refractivity contribution < 1.29 is 26.7 Å². The molecule has 0 radical (unpaired) electrons. The number of nitrogens with one attached hydrogen (secondary N) is 1. The van der Waals surface area contributed by atoms with E-state index >= 15 is 0 Å². The number of hydrogen-bond donors (Lipinski definition) is 3. The minimum absolute atomic E-state index is 0.148. The fourth-order valence-corrected chi connectivity index (χ4v) is 4.39. The highest BCUT2D eigenvalue weighted by Gasteiger charge is 2.38. The van der Waals surface area contributed by atoms with E-state index in [1.54, 1.807) is 0 Å². The Balaban J connectivity index is 2.25. The first-order valence-electron chi connectivity index (χ1n) is 8.36. The Morgan fingerprint density at radius 2 is 2.14 bits per heavy atom. The lowest BCUT2D eigenvalue weighted by Crippen LogP contribution is -2.43. The lowest BCUT2D eigenvalue weighted by molar-refractivity contribution is 0.0145. The highest BCUT2D eigenvalue weighted by molar-refractivity contribution is 7.89. The van der Waals surface area contributed by atoms with Gasteiger partial charge in [0.15, 0.2) is 5.82 Å². The summed E-state index contributed by atoms with van der Waals surface area (Å²) in [4.78, 5) is 0.678. The molecule has 3 rings (SSSR count). The number of alkyl halides is 3. The van der Waals surface area contributed by atoms with Crippen LogP contribution in [0.1, 0.15) is 18.9 Å². The number of aliphatic hydroxyl groups is 1. The quantitative estimate of drug-likeness (QED) is 0.650. The summed E-state index contributed by atoms with van der Waals surface area (Å²) in [5, 5.41) is 27.2. The molecule has 154 valence electrons. The summed E-state index contributed by atoms with van der Waals surface area (Å²) < 4.78 is 67.1. The van der Waals surface area contributed by atoms with Crippen molar-refractivity contribution >= 4 is 15.7 Å². The molecule has 0 amide bonds. The van der Waals surface area contributed by atoms with Crippen molar-refractivity contribution in [3.8, 4) is 11.4 Å². The number of benzene rings is 1. The van der Waals surface area contributed by atoms with Crippen LogP contribution in [0.25, 0.3) is 11.4 Å². The smallest absolute Gasteiger partial charge is 0.271 e. The third kappa shape index (κ3) is 3.82. The first-order chi connectivity index (χ1) is 13.0. The van der Waals surface area contributed by atoms with E-state index in [1.807, 2.05) is 0 Å². The van der Waals surface area contributed by atoms with Crippen LogP contribution in [0.2, 0.25) is 0 Å². The van der Waals surface area contributed by atoms with Crippen LogP contribution in [-0.4, -0.2) is 60.0 Å². The van der Waals surface area contributed by atoms with Gasteiger partial charge in [-0.25, -0.2) is 31.8 Å². The zero-order valence-electron chi connectivity index (χ0n) is 14.8. The van der Waals surface area contributed by atoms with Gasteiger partial charge in [0.25, 0.3) is 5.92 Å². The van der Waals surface area contributed by atoms with Crippen LogP contribution in [-0.2, 0) is 15.9 Å². The zero-order valence-corrected chi connectivity index (χ0v) is 15.6. The minimum Gasteiger partial charge on any atom is -0.396 e. The van der Waals surface area contributed by atoms with Crippen LogP contribution in [0.5, 0.6) is 0 Å². The summed E-state index contributed by atoms with van der Waals surface area (Å²) in [6.45, 7) is 0.332. The molecule has 2 atom stereocenters. The van der Waals surface area contributed by atoms with Crippen molar-refractivity contribution in [2.24, 2.45) is 11.1 Å². The normalized spacial score (nSPS) is 21.1. The molecule has 9 nitrogen and oxygen atoms in total. The molecule has 0 bridgehead atoms. The van der Waals surface area contributed by atoms with Gasteiger partial charge in [-0.15, -0.1) is 5.10 Å². The second-order valence-corrected chi connectivity index (χ2v) is 8.21. The number of aromatic nitrogens is 4. The van der Waals surface area contributed by atoms with Gasteiger partial charge in [-0.05, 0) is 29.0 Å². The number of nitrogens with zero attached hydrogens (tertiary/aromatic N) is 4. The van der Waals surface area contributed by atoms with E-state index in [-0.39, 0.29) is 36.8 Å². The molecule has 0 aliphatic carbocycles. The molecule has 1 aromatic heterocycles. The Morgan fingerprint density at radius 1 is 1.43 bits per heavy atom. The molecule has 1 aliphatic heterocycles. The number of tetrazole rings is 1. The minimum atomic E-state index is -4.62. The van der Waals surface area contributed by atoms with Crippen LogP contribution in [0.3, 0.4) is 0 Å². The molecule has 0 unspecified atom stereocenters. The number of primary sulfonamides is 1. The number of aromatic amines is 1. The van der Waals surface area contributed by atoms with Crippen LogP contribution >= 0.6 is 0 Å². The fourth-order valence-electron chi connectivity index (χ4n) is 3.35. The number of anilines is 1. The van der Waals surface area contributed by atoms with Crippen molar-refractivity contribution in [3.05, 3.63) is 17.7 Å². The number of nitrogens with two attached hydrogens (primary N) is 1. The SMILES string of the molecule is CC(F)(F)c1ccc(N2CC[C@H](CO)[C@H](F)C2)c(-c2nnn[nH]2)c1S(N)(=O)=O. The number of sulfonamides is 1. The lowest BCUT2D eigenvalue weighted by atomic mass is 9.94. The van der Waals surface area contributed by atoms with E-state index in [9.17, 15) is 26.7 Å². The summed E-state index contributed by atoms with van der Waals surface area (Å²) in [6, 6.07) is 2.22. The van der Waals surface area contributed by atoms with Gasteiger partial charge >= 0.3 is 0 Å². The average molecular weight is 420 g/mol. The molecule has 2 aromatic rings. The summed E-state index contributed by atoms with van der Waals surface area (Å²) >= 11 is 0. The summed E-state index contributed by atoms with van der Waals surface area (Å²) in [6.07, 6.45) is -1.09. The van der Waals surface area contributed by atoms with Crippen molar-refractivity contribution in [1.29, 1.82) is 0 Å². The predicted molar refractivity (Wildman–Crippen MR) is 92.9 cm³/mol. The van der Waals surface area contributed by atoms with Crippen LogP contribution in [0, 0.1) is 5.92 Å². The Labute approximate surface area is 158 Å². The molecule has 1 fully saturated rings. The molecule has 28 heavy (non-hydrogen) atoms. The maximum atomic E-state index is 14.3. The van der Waals surface area contributed by atoms with Crippen LogP contribution in [0.4, 0.5) is 18.9 Å². The van der Waals surface area contributed by atoms with E-state index in [2.05, 4.69) is 20.6 Å². The summed E-state index contributed by atoms with van der Waals surface area (Å²) in [5.74, 6) is -4.26. The largest absolute Gasteiger partial charge is 0.396 e. The van der Waals surface area contributed by atoms with Gasteiger partial charge < -0.3 is 10.0 Å². The van der Waals surface area contributed by atoms with Gasteiger partial charge in [-0.3, -0.25) is 0 Å². The number of hydrogen-bond acceptors (Lipinski definition) is 7. The fraction of sp³-hybridized carbons (Fsp3) is 0.533. The average Bonchev–Trinajstić information content (AvgIpc) is 3.13. The van der Waals surface area contributed by atoms with E-state index in [1.165, 1.54) is 11.0 Å². The lowest BCUT2D eigenvalue weighted by Gasteiger charge is -2.36. The highest BCUT2D eigenvalue weighted by Crippen LogP contribution is 2.42. The third-order valence-corrected chi connectivity index (χ3v) is 5.72. The molecule has 2 heterocycles. The Bertz CT molecular complexity index is 949. The summed E-state index contributed by atoms with van der Waals surface area (Å²) in [5.41, 5.74) is -0.914. The van der Waals surface area contributed by atoms with Gasteiger partial charge in [-0.1, -0.05) is 0 Å². The molecule has 1 aliphatic rings. The molecular formula is C15H19F3N6O3S. The Morgan fingerprint density at radius 3 is 2.64 bits per heavy atom. The van der Waals surface area contributed by atoms with Gasteiger partial charge in [-0.2, -0.15) is 0 Å². The number of halogens is 3. The van der Waals surface area contributed by atoms with E-state index in [0.29, 0.717) is 13.3 Å². The Kier molecular flexibility index (Phi) is 5.34. The zero-order chi connectivity index (χ0) is 20.7. The first-order valence-corrected chi connectivity index (χ1v) is 9.90. The standard InChI is InChI=1S/C15H19F3N6O3S/c1-15(17,18)9-2-3-11(24-5-4-8(7-25)10(16)6-24)12(13(9)28(19,26)27)14-20-22-23-21-14/h2-3,8,10,25H,4-7H2,1H3,(H2,19,26,27)(H,20,21,22,23)/t8-,10-/m1/s1. The van der Waals surface area contributed by atoms with Crippen molar-refractivity contribution in [2.45, 2.75) is 30.3 Å². The number of rotatable bonds is 5. The molecule has 1 saturated heterocycles. The van der Waals surface area contributed by atoms with Gasteiger partial charge in [0.05, 0.1) is 5.56 Å². The van der Waals surface area contributed by atoms with Crippen LogP contribution in [0.15, 0.2) is 17.0 Å². The second-order valence-electron chi connectivity index (χ2n) is 6.71. The number of piperidine rings is 1. The maximum absolute atomic E-state index is 14.3. The molecular weight excluding hydrogens is 401 g/mol. The Hall–Kier alpha value is -2.25. The molecule has 4 N–H and O–H groups in total. The van der Waals surface area contributed by atoms with E-state index in [0.717, 1.165) is 6.07 Å². The molecule has 0 spiro atoms. The van der Waals surface area contributed by atoms with Crippen LogP contribution < -0.4 is 10.0 Å². The molecule has 1 aromatic carbocycles. The van der Waals surface area contributed by atoms with Crippen molar-refractivity contribution in [1.82, 2.24) is 20.6 Å². The van der Waals surface area contributed by atoms with Gasteiger partial charge in [0.1, 0.15) is 11.1 Å². The topological polar surface area (TPSA) is 138 Å². The van der Waals surface area contributed by atoms with Gasteiger partial charge in [0, 0.05) is 43.8 Å². The summed E-state index contributed by atoms with van der Waals surface area (Å²) in [7, 11) is -4.62. The molecule has 13 heteroatoms. The van der Waals surface area contributed by atoms with Gasteiger partial charge in [0.2, 0.25) is 10.0 Å². The maximum Gasteiger partial charge on any atom is 0.271 e. The van der Waals surface area contributed by atoms with Crippen molar-refractivity contribution in [2.75, 3.05) is 24.6 Å². The van der Waals surface area contributed by atoms with E-state index in [4.69, 9.17) is 5.14 Å². The van der Waals surface area contributed by atoms with Crippen molar-refractivity contribution in [3.63, 3.8) is 0 Å². The monoisotopic (exact) mass is 420 g/mol. The predicted octanol–water partition coefficient (Wildman–Crippen LogP) is 0.783. The number of H-pyrrole nitrogens is 1. The first kappa shape index (κ1) is 20.5. The number of aliphatic hydroxyl groups excluding tert-OH is 1. The molecule has 0 saturated carbocycles. The van der Waals surface area contributed by atoms with E-state index < -0.39 is 38.5 Å².